The number of hydrogen-bond acceptors (Lipinski definition) is 5. The van der Waals surface area contributed by atoms with E-state index in [4.69, 9.17) is 4.74 Å². The van der Waals surface area contributed by atoms with E-state index in [0.717, 1.165) is 36.9 Å². The normalized spacial score (nSPS) is 18.7. The minimum Gasteiger partial charge on any atom is -0.465 e. The number of amides is 1. The number of esters is 1. The average molecular weight is 528 g/mol. The van der Waals surface area contributed by atoms with E-state index in [9.17, 15) is 9.59 Å². The number of carbonyl (C=O) groups excluding carboxylic acids is 2. The summed E-state index contributed by atoms with van der Waals surface area (Å²) in [6.45, 7) is 1.31. The zero-order chi connectivity index (χ0) is 27.1. The Kier molecular flexibility index (Phi) is 6.50. The molecule has 6 rings (SSSR count). The monoisotopic (exact) mass is 527 g/mol. The van der Waals surface area contributed by atoms with Crippen LogP contribution in [0.2, 0.25) is 0 Å². The van der Waals surface area contributed by atoms with Gasteiger partial charge in [-0.25, -0.2) is 13.9 Å². The highest BCUT2D eigenvalue weighted by Crippen LogP contribution is 2.55. The third-order valence-electron chi connectivity index (χ3n) is 7.78. The van der Waals surface area contributed by atoms with Crippen molar-refractivity contribution in [2.75, 3.05) is 20.2 Å². The van der Waals surface area contributed by atoms with Gasteiger partial charge in [0.15, 0.2) is 0 Å². The number of methoxy groups -OCH3 is 1. The number of halogens is 1. The molecule has 0 radical (unpaired) electrons. The van der Waals surface area contributed by atoms with Gasteiger partial charge >= 0.3 is 5.97 Å². The first kappa shape index (κ1) is 25.0. The fraction of sp³-hybridized carbons (Fsp3) is 0.333. The quantitative estimate of drug-likeness (QED) is 0.326. The molecule has 9 heteroatoms. The molecule has 1 saturated heterocycles. The van der Waals surface area contributed by atoms with Crippen LogP contribution in [-0.2, 0) is 11.8 Å². The molecule has 0 bridgehead atoms. The van der Waals surface area contributed by atoms with Crippen LogP contribution in [0, 0.1) is 5.82 Å². The number of aryl methyl sites for hydroxylation is 1. The SMILES string of the molecule is COC(=O)c1cnn(-c2cccc(-c3cccc(C(=O)N4CCCCC4)c3F)c2)c1C1CC1c1cnn(C)c1. The Morgan fingerprint density at radius 1 is 0.974 bits per heavy atom. The summed E-state index contributed by atoms with van der Waals surface area (Å²) < 4.78 is 24.3. The molecule has 1 amide bonds. The van der Waals surface area contributed by atoms with Crippen molar-refractivity contribution in [2.45, 2.75) is 37.5 Å². The number of ether oxygens (including phenoxy) is 1. The first-order chi connectivity index (χ1) is 19.0. The predicted molar refractivity (Wildman–Crippen MR) is 143 cm³/mol. The summed E-state index contributed by atoms with van der Waals surface area (Å²) in [7, 11) is 3.24. The second kappa shape index (κ2) is 10.1. The van der Waals surface area contributed by atoms with Gasteiger partial charge in [0.05, 0.1) is 36.4 Å². The molecule has 1 aliphatic carbocycles. The van der Waals surface area contributed by atoms with Crippen molar-refractivity contribution in [1.29, 1.82) is 0 Å². The average Bonchev–Trinajstić information content (AvgIpc) is 3.42. The lowest BCUT2D eigenvalue weighted by atomic mass is 10.00. The number of piperidine rings is 1. The molecule has 0 N–H and O–H groups in total. The van der Waals surface area contributed by atoms with Crippen LogP contribution in [0.25, 0.3) is 16.8 Å². The van der Waals surface area contributed by atoms with Crippen LogP contribution in [0.5, 0.6) is 0 Å². The van der Waals surface area contributed by atoms with Gasteiger partial charge in [0.25, 0.3) is 5.91 Å². The van der Waals surface area contributed by atoms with Crippen molar-refractivity contribution in [2.24, 2.45) is 7.05 Å². The summed E-state index contributed by atoms with van der Waals surface area (Å²) >= 11 is 0. The Balaban J connectivity index is 1.36. The van der Waals surface area contributed by atoms with Crippen LogP contribution in [0.4, 0.5) is 4.39 Å². The van der Waals surface area contributed by atoms with Crippen molar-refractivity contribution in [3.63, 3.8) is 0 Å². The third-order valence-corrected chi connectivity index (χ3v) is 7.78. The molecule has 2 unspecified atom stereocenters. The Morgan fingerprint density at radius 2 is 1.77 bits per heavy atom. The molecule has 4 aromatic rings. The molecule has 3 heterocycles. The van der Waals surface area contributed by atoms with E-state index in [0.29, 0.717) is 35.5 Å². The summed E-state index contributed by atoms with van der Waals surface area (Å²) in [5.41, 5.74) is 4.05. The van der Waals surface area contributed by atoms with E-state index >= 15 is 4.39 Å². The highest BCUT2D eigenvalue weighted by Gasteiger charge is 2.45. The molecule has 2 aliphatic rings. The maximum absolute atomic E-state index is 15.8. The topological polar surface area (TPSA) is 82.2 Å². The molecular weight excluding hydrogens is 497 g/mol. The first-order valence-electron chi connectivity index (χ1n) is 13.3. The van der Waals surface area contributed by atoms with Crippen molar-refractivity contribution in [3.8, 4) is 16.8 Å². The van der Waals surface area contributed by atoms with E-state index in [1.165, 1.54) is 13.3 Å². The van der Waals surface area contributed by atoms with Crippen molar-refractivity contribution in [3.05, 3.63) is 89.3 Å². The second-order valence-electron chi connectivity index (χ2n) is 10.3. The lowest BCUT2D eigenvalue weighted by Crippen LogP contribution is -2.36. The maximum Gasteiger partial charge on any atom is 0.341 e. The highest BCUT2D eigenvalue weighted by molar-refractivity contribution is 5.96. The first-order valence-corrected chi connectivity index (χ1v) is 13.3. The van der Waals surface area contributed by atoms with Gasteiger partial charge in [0.2, 0.25) is 0 Å². The van der Waals surface area contributed by atoms with E-state index < -0.39 is 11.8 Å². The second-order valence-corrected chi connectivity index (χ2v) is 10.3. The molecule has 2 fully saturated rings. The summed E-state index contributed by atoms with van der Waals surface area (Å²) in [5, 5.41) is 8.85. The van der Waals surface area contributed by atoms with E-state index in [2.05, 4.69) is 10.2 Å². The van der Waals surface area contributed by atoms with E-state index in [-0.39, 0.29) is 23.3 Å². The number of hydrogen-bond donors (Lipinski definition) is 0. The Hall–Kier alpha value is -4.27. The molecule has 200 valence electrons. The molecule has 8 nitrogen and oxygen atoms in total. The lowest BCUT2D eigenvalue weighted by Gasteiger charge is -2.27. The lowest BCUT2D eigenvalue weighted by molar-refractivity contribution is 0.0598. The fourth-order valence-electron chi connectivity index (χ4n) is 5.68. The van der Waals surface area contributed by atoms with E-state index in [1.807, 2.05) is 43.7 Å². The van der Waals surface area contributed by atoms with Gasteiger partial charge < -0.3 is 9.64 Å². The van der Waals surface area contributed by atoms with Crippen LogP contribution in [0.15, 0.2) is 61.1 Å². The number of rotatable bonds is 6. The third kappa shape index (κ3) is 4.62. The molecule has 1 aliphatic heterocycles. The van der Waals surface area contributed by atoms with Crippen LogP contribution >= 0.6 is 0 Å². The van der Waals surface area contributed by atoms with Gasteiger partial charge in [0.1, 0.15) is 11.4 Å². The maximum atomic E-state index is 15.8. The molecule has 2 aromatic heterocycles. The van der Waals surface area contributed by atoms with Crippen molar-refractivity contribution in [1.82, 2.24) is 24.5 Å². The highest BCUT2D eigenvalue weighted by atomic mass is 19.1. The number of nitrogens with zero attached hydrogens (tertiary/aromatic N) is 5. The van der Waals surface area contributed by atoms with Crippen LogP contribution < -0.4 is 0 Å². The van der Waals surface area contributed by atoms with E-state index in [1.54, 1.807) is 32.5 Å². The van der Waals surface area contributed by atoms with Crippen LogP contribution in [0.3, 0.4) is 0 Å². The smallest absolute Gasteiger partial charge is 0.341 e. The van der Waals surface area contributed by atoms with Gasteiger partial charge in [0, 0.05) is 37.8 Å². The van der Waals surface area contributed by atoms with Gasteiger partial charge in [-0.1, -0.05) is 24.3 Å². The van der Waals surface area contributed by atoms with Gasteiger partial charge in [-0.15, -0.1) is 0 Å². The number of likely N-dealkylation sites (tertiary alicyclic amines) is 1. The van der Waals surface area contributed by atoms with Crippen molar-refractivity contribution < 1.29 is 18.7 Å². The number of benzene rings is 2. The summed E-state index contributed by atoms with van der Waals surface area (Å²) in [6.07, 6.45) is 9.21. The molecule has 39 heavy (non-hydrogen) atoms. The number of carbonyl (C=O) groups is 2. The van der Waals surface area contributed by atoms with Gasteiger partial charge in [-0.2, -0.15) is 10.2 Å². The Bertz CT molecular complexity index is 1550. The molecule has 2 atom stereocenters. The van der Waals surface area contributed by atoms with Crippen LogP contribution in [-0.4, -0.2) is 56.5 Å². The Morgan fingerprint density at radius 3 is 2.51 bits per heavy atom. The molecule has 1 saturated carbocycles. The van der Waals surface area contributed by atoms with Gasteiger partial charge in [-0.05, 0) is 60.9 Å². The molecule has 2 aromatic carbocycles. The minimum absolute atomic E-state index is 0.0664. The molecular formula is C30H30FN5O3. The minimum atomic E-state index is -0.528. The van der Waals surface area contributed by atoms with Crippen molar-refractivity contribution >= 4 is 11.9 Å². The predicted octanol–water partition coefficient (Wildman–Crippen LogP) is 5.10. The number of aromatic nitrogens is 4. The Labute approximate surface area is 226 Å². The zero-order valence-corrected chi connectivity index (χ0v) is 22.0. The summed E-state index contributed by atoms with van der Waals surface area (Å²) in [5.74, 6) is -0.955. The zero-order valence-electron chi connectivity index (χ0n) is 22.0. The van der Waals surface area contributed by atoms with Gasteiger partial charge in [-0.3, -0.25) is 9.48 Å². The standard InChI is InChI=1S/C30H30FN5O3/c1-34-18-20(16-32-34)24-15-25(24)28-26(30(38)39-2)17-33-36(28)21-9-6-8-19(14-21)22-10-7-11-23(27(22)31)29(37)35-12-4-3-5-13-35/h6-11,14,16-18,24-25H,3-5,12-13,15H2,1-2H3. The summed E-state index contributed by atoms with van der Waals surface area (Å²) in [6, 6.07) is 12.3. The molecule has 0 spiro atoms. The summed E-state index contributed by atoms with van der Waals surface area (Å²) in [4.78, 5) is 27.5. The van der Waals surface area contributed by atoms with Crippen LogP contribution in [0.1, 0.15) is 69.5 Å². The largest absolute Gasteiger partial charge is 0.465 e. The fourth-order valence-corrected chi connectivity index (χ4v) is 5.68.